The highest BCUT2D eigenvalue weighted by Crippen LogP contribution is 2.51. The molecule has 0 saturated heterocycles. The van der Waals surface area contributed by atoms with Crippen LogP contribution in [0.25, 0.3) is 49.7 Å². The molecule has 6 aromatic rings. The van der Waals surface area contributed by atoms with Crippen LogP contribution in [0.5, 0.6) is 0 Å². The summed E-state index contributed by atoms with van der Waals surface area (Å²) in [6.45, 7) is 0. The van der Waals surface area contributed by atoms with Gasteiger partial charge in [-0.25, -0.2) is 0 Å². The van der Waals surface area contributed by atoms with Crippen molar-refractivity contribution in [3.63, 3.8) is 0 Å². The Hall–Kier alpha value is -4.75. The quantitative estimate of drug-likeness (QED) is 0.251. The van der Waals surface area contributed by atoms with Crippen molar-refractivity contribution in [3.8, 4) is 34.0 Å². The first kappa shape index (κ1) is 20.6. The van der Waals surface area contributed by atoms with Crippen LogP contribution in [0.1, 0.15) is 16.7 Å². The normalized spacial score (nSPS) is 13.5. The second-order valence-electron chi connectivity index (χ2n) is 9.14. The molecular weight excluding hydrogens is 450 g/mol. The SMILES string of the molecule is N#Cc1ccc2c(c1)C(F)(F)c1cc(-c3ccccc3)cc3c4cc(-c5ccccc5)ccc4n-2c13. The molecule has 0 unspecified atom stereocenters. The van der Waals surface area contributed by atoms with Gasteiger partial charge in [0.05, 0.1) is 39.5 Å². The summed E-state index contributed by atoms with van der Waals surface area (Å²) >= 11 is 0. The first-order valence-electron chi connectivity index (χ1n) is 11.7. The van der Waals surface area contributed by atoms with Gasteiger partial charge in [-0.2, -0.15) is 14.0 Å². The predicted octanol–water partition coefficient (Wildman–Crippen LogP) is 8.44. The van der Waals surface area contributed by atoms with E-state index in [0.717, 1.165) is 38.5 Å². The lowest BCUT2D eigenvalue weighted by Crippen LogP contribution is -2.24. The largest absolute Gasteiger partial charge is 0.308 e. The van der Waals surface area contributed by atoms with E-state index in [1.165, 1.54) is 6.07 Å². The number of benzene rings is 5. The first-order valence-corrected chi connectivity index (χ1v) is 11.7. The van der Waals surface area contributed by atoms with E-state index in [9.17, 15) is 5.26 Å². The maximum atomic E-state index is 16.2. The van der Waals surface area contributed by atoms with Gasteiger partial charge in [0.2, 0.25) is 0 Å². The minimum absolute atomic E-state index is 0.0427. The van der Waals surface area contributed by atoms with E-state index in [1.807, 2.05) is 89.5 Å². The van der Waals surface area contributed by atoms with Gasteiger partial charge in [0, 0.05) is 10.8 Å². The Bertz CT molecular complexity index is 1860. The van der Waals surface area contributed by atoms with Crippen molar-refractivity contribution < 1.29 is 8.78 Å². The van der Waals surface area contributed by atoms with Crippen LogP contribution in [-0.2, 0) is 5.92 Å². The summed E-state index contributed by atoms with van der Waals surface area (Å²) in [4.78, 5) is 0. The molecule has 4 heteroatoms. The molecule has 0 N–H and O–H groups in total. The standard InChI is InChI=1S/C32H18F2N2/c33-32(34)27-15-20(19-35)11-13-30(27)36-29-14-12-23(21-7-3-1-4-8-21)16-25(29)26-17-24(18-28(32)31(26)36)22-9-5-2-6-10-22/h1-18H. The second-order valence-corrected chi connectivity index (χ2v) is 9.14. The summed E-state index contributed by atoms with van der Waals surface area (Å²) in [5, 5.41) is 11.1. The monoisotopic (exact) mass is 468 g/mol. The van der Waals surface area contributed by atoms with Crippen molar-refractivity contribution in [1.29, 1.82) is 5.26 Å². The van der Waals surface area contributed by atoms with Gasteiger partial charge in [-0.3, -0.25) is 0 Å². The molecule has 5 aromatic carbocycles. The van der Waals surface area contributed by atoms with Gasteiger partial charge in [0.15, 0.2) is 0 Å². The smallest absolute Gasteiger partial charge is 0.302 e. The Morgan fingerprint density at radius 3 is 1.97 bits per heavy atom. The zero-order chi connectivity index (χ0) is 24.4. The van der Waals surface area contributed by atoms with E-state index in [-0.39, 0.29) is 16.7 Å². The van der Waals surface area contributed by atoms with Gasteiger partial charge in [-0.15, -0.1) is 0 Å². The molecule has 1 aliphatic rings. The molecule has 0 aliphatic carbocycles. The summed E-state index contributed by atoms with van der Waals surface area (Å²) in [6.07, 6.45) is 0. The molecule has 0 saturated carbocycles. The van der Waals surface area contributed by atoms with E-state index in [1.54, 1.807) is 18.2 Å². The fourth-order valence-corrected chi connectivity index (χ4v) is 5.44. The van der Waals surface area contributed by atoms with Gasteiger partial charge < -0.3 is 4.57 Å². The molecule has 170 valence electrons. The molecule has 0 bridgehead atoms. The summed E-state index contributed by atoms with van der Waals surface area (Å²) in [7, 11) is 0. The van der Waals surface area contributed by atoms with Gasteiger partial charge in [0.25, 0.3) is 0 Å². The van der Waals surface area contributed by atoms with Crippen LogP contribution in [-0.4, -0.2) is 4.57 Å². The van der Waals surface area contributed by atoms with Crippen LogP contribution in [0.2, 0.25) is 0 Å². The molecule has 1 aromatic heterocycles. The Morgan fingerprint density at radius 1 is 0.611 bits per heavy atom. The molecule has 0 radical (unpaired) electrons. The topological polar surface area (TPSA) is 28.7 Å². The molecule has 7 rings (SSSR count). The van der Waals surface area contributed by atoms with E-state index < -0.39 is 5.92 Å². The van der Waals surface area contributed by atoms with Gasteiger partial charge >= 0.3 is 5.92 Å². The molecule has 0 fully saturated rings. The zero-order valence-corrected chi connectivity index (χ0v) is 19.0. The van der Waals surface area contributed by atoms with E-state index >= 15 is 8.78 Å². The van der Waals surface area contributed by atoms with Crippen molar-refractivity contribution >= 4 is 21.8 Å². The van der Waals surface area contributed by atoms with Crippen LogP contribution in [0.4, 0.5) is 8.78 Å². The number of nitrogens with zero attached hydrogens (tertiary/aromatic N) is 2. The van der Waals surface area contributed by atoms with E-state index in [4.69, 9.17) is 0 Å². The third-order valence-corrected chi connectivity index (χ3v) is 7.12. The first-order chi connectivity index (χ1) is 17.6. The summed E-state index contributed by atoms with van der Waals surface area (Å²) < 4.78 is 34.4. The van der Waals surface area contributed by atoms with Gasteiger partial charge in [-0.1, -0.05) is 66.7 Å². The number of aromatic nitrogens is 1. The number of nitriles is 1. The van der Waals surface area contributed by atoms with E-state index in [2.05, 4.69) is 6.07 Å². The van der Waals surface area contributed by atoms with Crippen LogP contribution in [0.3, 0.4) is 0 Å². The zero-order valence-electron chi connectivity index (χ0n) is 19.0. The molecule has 0 amide bonds. The highest BCUT2D eigenvalue weighted by Gasteiger charge is 2.43. The number of alkyl halides is 2. The lowest BCUT2D eigenvalue weighted by molar-refractivity contribution is 0.0426. The van der Waals surface area contributed by atoms with Crippen molar-refractivity contribution in [2.45, 2.75) is 5.92 Å². The number of hydrogen-bond donors (Lipinski definition) is 0. The third kappa shape index (κ3) is 2.80. The fourth-order valence-electron chi connectivity index (χ4n) is 5.44. The van der Waals surface area contributed by atoms with Crippen molar-refractivity contribution in [2.75, 3.05) is 0 Å². The number of halogens is 2. The molecule has 2 heterocycles. The Kier molecular flexibility index (Phi) is 4.22. The molecule has 2 nitrogen and oxygen atoms in total. The summed E-state index contributed by atoms with van der Waals surface area (Å²) in [5.74, 6) is -3.25. The maximum absolute atomic E-state index is 16.2. The van der Waals surface area contributed by atoms with Gasteiger partial charge in [0.1, 0.15) is 0 Å². The Balaban J connectivity index is 1.65. The maximum Gasteiger partial charge on any atom is 0.302 e. The molecular formula is C32H18F2N2. The Labute approximate surface area is 206 Å². The minimum atomic E-state index is -3.25. The predicted molar refractivity (Wildman–Crippen MR) is 139 cm³/mol. The van der Waals surface area contributed by atoms with Crippen molar-refractivity contribution in [1.82, 2.24) is 4.57 Å². The molecule has 0 atom stereocenters. The average molecular weight is 469 g/mol. The van der Waals surface area contributed by atoms with Crippen LogP contribution in [0.15, 0.2) is 109 Å². The molecule has 1 aliphatic heterocycles. The fraction of sp³-hybridized carbons (Fsp3) is 0.0312. The lowest BCUT2D eigenvalue weighted by atomic mass is 9.89. The lowest BCUT2D eigenvalue weighted by Gasteiger charge is -2.28. The molecule has 36 heavy (non-hydrogen) atoms. The molecule has 0 spiro atoms. The highest BCUT2D eigenvalue weighted by atomic mass is 19.3. The van der Waals surface area contributed by atoms with Gasteiger partial charge in [-0.05, 0) is 64.7 Å². The second kappa shape index (κ2) is 7.37. The number of hydrogen-bond acceptors (Lipinski definition) is 1. The number of fused-ring (bicyclic) bond motifs is 5. The number of rotatable bonds is 2. The van der Waals surface area contributed by atoms with Crippen LogP contribution in [0, 0.1) is 11.3 Å². The van der Waals surface area contributed by atoms with Crippen LogP contribution >= 0.6 is 0 Å². The Morgan fingerprint density at radius 2 is 1.28 bits per heavy atom. The summed E-state index contributed by atoms with van der Waals surface area (Å²) in [5.41, 5.74) is 5.52. The van der Waals surface area contributed by atoms with Crippen molar-refractivity contribution in [2.24, 2.45) is 0 Å². The average Bonchev–Trinajstić information content (AvgIpc) is 3.26. The van der Waals surface area contributed by atoms with E-state index in [0.29, 0.717) is 11.2 Å². The minimum Gasteiger partial charge on any atom is -0.308 e. The third-order valence-electron chi connectivity index (χ3n) is 7.12. The highest BCUT2D eigenvalue weighted by molar-refractivity contribution is 6.13. The summed E-state index contributed by atoms with van der Waals surface area (Å²) in [6, 6.07) is 36.0. The van der Waals surface area contributed by atoms with Crippen LogP contribution < -0.4 is 0 Å². The van der Waals surface area contributed by atoms with Crippen molar-refractivity contribution in [3.05, 3.63) is 126 Å².